The van der Waals surface area contributed by atoms with Crippen molar-refractivity contribution in [2.75, 3.05) is 13.1 Å². The summed E-state index contributed by atoms with van der Waals surface area (Å²) in [6.07, 6.45) is 2.79. The molecule has 0 spiro atoms. The first-order chi connectivity index (χ1) is 7.25. The molecular weight excluding hydrogens is 210 g/mol. The Bertz CT molecular complexity index is 341. The van der Waals surface area contributed by atoms with Gasteiger partial charge in [0.2, 0.25) is 5.91 Å². The normalized spacial score (nSPS) is 15.7. The molecule has 2 rings (SSSR count). The van der Waals surface area contributed by atoms with Gasteiger partial charge in [0, 0.05) is 18.1 Å². The zero-order valence-electron chi connectivity index (χ0n) is 8.58. The number of rotatable bonds is 2. The van der Waals surface area contributed by atoms with Crippen LogP contribution in [0.4, 0.5) is 0 Å². The van der Waals surface area contributed by atoms with E-state index in [1.54, 1.807) is 0 Å². The van der Waals surface area contributed by atoms with Gasteiger partial charge in [-0.15, -0.1) is 0 Å². The minimum absolute atomic E-state index is 0.231. The third-order valence-corrected chi connectivity index (χ3v) is 2.98. The summed E-state index contributed by atoms with van der Waals surface area (Å²) in [5, 5.41) is 0.715. The standard InChI is InChI=1S/C12H14ClNO/c13-11-5-3-10(4-6-11)9-12(15)14-7-1-2-8-14/h3-6H,1-2,7-9H2. The number of carbonyl (C=O) groups is 1. The first kappa shape index (κ1) is 10.5. The Balaban J connectivity index is 1.96. The molecule has 2 nitrogen and oxygen atoms in total. The highest BCUT2D eigenvalue weighted by Crippen LogP contribution is 2.13. The number of hydrogen-bond acceptors (Lipinski definition) is 1. The Labute approximate surface area is 94.8 Å². The Morgan fingerprint density at radius 2 is 1.80 bits per heavy atom. The molecule has 80 valence electrons. The third kappa shape index (κ3) is 2.72. The molecule has 0 aromatic heterocycles. The second kappa shape index (κ2) is 4.67. The first-order valence-corrected chi connectivity index (χ1v) is 5.66. The maximum atomic E-state index is 11.8. The Morgan fingerprint density at radius 1 is 1.20 bits per heavy atom. The second-order valence-electron chi connectivity index (χ2n) is 3.89. The molecule has 0 aliphatic carbocycles. The summed E-state index contributed by atoms with van der Waals surface area (Å²) in [5.74, 6) is 0.231. The van der Waals surface area contributed by atoms with E-state index < -0.39 is 0 Å². The molecular formula is C12H14ClNO. The number of likely N-dealkylation sites (tertiary alicyclic amines) is 1. The van der Waals surface area contributed by atoms with Gasteiger partial charge in [-0.05, 0) is 30.5 Å². The van der Waals surface area contributed by atoms with Crippen LogP contribution in [0.25, 0.3) is 0 Å². The molecule has 15 heavy (non-hydrogen) atoms. The van der Waals surface area contributed by atoms with Crippen molar-refractivity contribution in [1.29, 1.82) is 0 Å². The van der Waals surface area contributed by atoms with Gasteiger partial charge in [0.25, 0.3) is 0 Å². The van der Waals surface area contributed by atoms with E-state index in [0.717, 1.165) is 31.5 Å². The lowest BCUT2D eigenvalue weighted by Crippen LogP contribution is -2.28. The van der Waals surface area contributed by atoms with E-state index in [9.17, 15) is 4.79 Å². The average molecular weight is 224 g/mol. The van der Waals surface area contributed by atoms with Gasteiger partial charge < -0.3 is 4.90 Å². The second-order valence-corrected chi connectivity index (χ2v) is 4.33. The van der Waals surface area contributed by atoms with E-state index >= 15 is 0 Å². The van der Waals surface area contributed by atoms with Crippen LogP contribution in [-0.2, 0) is 11.2 Å². The molecule has 1 aromatic rings. The van der Waals surface area contributed by atoms with Crippen molar-refractivity contribution in [3.05, 3.63) is 34.9 Å². The van der Waals surface area contributed by atoms with Crippen LogP contribution in [0.3, 0.4) is 0 Å². The summed E-state index contributed by atoms with van der Waals surface area (Å²) in [6.45, 7) is 1.85. The summed E-state index contributed by atoms with van der Waals surface area (Å²) in [4.78, 5) is 13.7. The van der Waals surface area contributed by atoms with Crippen LogP contribution >= 0.6 is 11.6 Å². The number of carbonyl (C=O) groups excluding carboxylic acids is 1. The van der Waals surface area contributed by atoms with Gasteiger partial charge >= 0.3 is 0 Å². The van der Waals surface area contributed by atoms with Crippen LogP contribution in [0, 0.1) is 0 Å². The molecule has 0 atom stereocenters. The number of nitrogens with zero attached hydrogens (tertiary/aromatic N) is 1. The molecule has 1 aliphatic rings. The lowest BCUT2D eigenvalue weighted by atomic mass is 10.1. The molecule has 1 fully saturated rings. The number of halogens is 1. The minimum Gasteiger partial charge on any atom is -0.342 e. The molecule has 1 heterocycles. The zero-order chi connectivity index (χ0) is 10.7. The smallest absolute Gasteiger partial charge is 0.226 e. The van der Waals surface area contributed by atoms with Gasteiger partial charge in [0.05, 0.1) is 6.42 Å². The highest BCUT2D eigenvalue weighted by atomic mass is 35.5. The molecule has 3 heteroatoms. The van der Waals surface area contributed by atoms with Crippen molar-refractivity contribution in [3.63, 3.8) is 0 Å². The largest absolute Gasteiger partial charge is 0.342 e. The Morgan fingerprint density at radius 3 is 2.40 bits per heavy atom. The predicted molar refractivity (Wildman–Crippen MR) is 61.0 cm³/mol. The van der Waals surface area contributed by atoms with Crippen LogP contribution in [-0.4, -0.2) is 23.9 Å². The molecule has 0 unspecified atom stereocenters. The summed E-state index contributed by atoms with van der Waals surface area (Å²) in [5.41, 5.74) is 1.04. The number of benzene rings is 1. The van der Waals surface area contributed by atoms with Gasteiger partial charge in [-0.1, -0.05) is 23.7 Å². The van der Waals surface area contributed by atoms with Crippen LogP contribution in [0.1, 0.15) is 18.4 Å². The van der Waals surface area contributed by atoms with E-state index in [-0.39, 0.29) is 5.91 Å². The predicted octanol–water partition coefficient (Wildman–Crippen LogP) is 2.50. The molecule has 0 bridgehead atoms. The van der Waals surface area contributed by atoms with Crippen LogP contribution in [0.2, 0.25) is 5.02 Å². The van der Waals surface area contributed by atoms with Crippen LogP contribution in [0.5, 0.6) is 0 Å². The maximum Gasteiger partial charge on any atom is 0.226 e. The Kier molecular flexibility index (Phi) is 3.27. The highest BCUT2D eigenvalue weighted by Gasteiger charge is 2.17. The summed E-state index contributed by atoms with van der Waals surface area (Å²) in [6, 6.07) is 7.48. The van der Waals surface area contributed by atoms with Gasteiger partial charge in [-0.2, -0.15) is 0 Å². The Hall–Kier alpha value is -1.02. The van der Waals surface area contributed by atoms with Crippen LogP contribution < -0.4 is 0 Å². The topological polar surface area (TPSA) is 20.3 Å². The number of amides is 1. The monoisotopic (exact) mass is 223 g/mol. The fourth-order valence-corrected chi connectivity index (χ4v) is 1.98. The van der Waals surface area contributed by atoms with Gasteiger partial charge in [-0.25, -0.2) is 0 Å². The summed E-state index contributed by atoms with van der Waals surface area (Å²) < 4.78 is 0. The van der Waals surface area contributed by atoms with Gasteiger partial charge in [0.15, 0.2) is 0 Å². The van der Waals surface area contributed by atoms with Crippen molar-refractivity contribution < 1.29 is 4.79 Å². The first-order valence-electron chi connectivity index (χ1n) is 5.28. The molecule has 1 amide bonds. The van der Waals surface area contributed by atoms with Crippen molar-refractivity contribution in [2.24, 2.45) is 0 Å². The van der Waals surface area contributed by atoms with Gasteiger partial charge in [0.1, 0.15) is 0 Å². The van der Waals surface area contributed by atoms with E-state index in [4.69, 9.17) is 11.6 Å². The van der Waals surface area contributed by atoms with E-state index in [1.165, 1.54) is 0 Å². The zero-order valence-corrected chi connectivity index (χ0v) is 9.33. The average Bonchev–Trinajstić information content (AvgIpc) is 2.74. The molecule has 1 aromatic carbocycles. The quantitative estimate of drug-likeness (QED) is 0.755. The fraction of sp³-hybridized carbons (Fsp3) is 0.417. The third-order valence-electron chi connectivity index (χ3n) is 2.73. The van der Waals surface area contributed by atoms with E-state index in [0.29, 0.717) is 11.4 Å². The fourth-order valence-electron chi connectivity index (χ4n) is 1.86. The minimum atomic E-state index is 0.231. The molecule has 0 saturated carbocycles. The molecule has 1 aliphatic heterocycles. The van der Waals surface area contributed by atoms with Crippen molar-refractivity contribution in [3.8, 4) is 0 Å². The highest BCUT2D eigenvalue weighted by molar-refractivity contribution is 6.30. The summed E-state index contributed by atoms with van der Waals surface area (Å²) in [7, 11) is 0. The van der Waals surface area contributed by atoms with Gasteiger partial charge in [-0.3, -0.25) is 4.79 Å². The lowest BCUT2D eigenvalue weighted by Gasteiger charge is -2.14. The number of hydrogen-bond donors (Lipinski definition) is 0. The van der Waals surface area contributed by atoms with E-state index in [2.05, 4.69) is 0 Å². The maximum absolute atomic E-state index is 11.8. The lowest BCUT2D eigenvalue weighted by molar-refractivity contribution is -0.129. The van der Waals surface area contributed by atoms with Crippen molar-refractivity contribution >= 4 is 17.5 Å². The van der Waals surface area contributed by atoms with Crippen molar-refractivity contribution in [1.82, 2.24) is 4.90 Å². The van der Waals surface area contributed by atoms with Crippen molar-refractivity contribution in [2.45, 2.75) is 19.3 Å². The molecule has 0 N–H and O–H groups in total. The van der Waals surface area contributed by atoms with E-state index in [1.807, 2.05) is 29.2 Å². The molecule has 0 radical (unpaired) electrons. The summed E-state index contributed by atoms with van der Waals surface area (Å²) >= 11 is 5.78. The van der Waals surface area contributed by atoms with Crippen LogP contribution in [0.15, 0.2) is 24.3 Å². The molecule has 1 saturated heterocycles. The SMILES string of the molecule is O=C(Cc1ccc(Cl)cc1)N1CCCC1.